The minimum Gasteiger partial charge on any atom is -0.257 e. The van der Waals surface area contributed by atoms with E-state index in [2.05, 4.69) is 42.9 Å². The van der Waals surface area contributed by atoms with Gasteiger partial charge in [-0.05, 0) is 5.92 Å². The number of hydrogen-bond donors (Lipinski definition) is 2. The van der Waals surface area contributed by atoms with Crippen LogP contribution >= 0.6 is 0 Å². The Kier molecular flexibility index (Phi) is 2.03. The Labute approximate surface area is 73.7 Å². The van der Waals surface area contributed by atoms with Gasteiger partial charge in [-0.15, -0.1) is 0 Å². The van der Waals surface area contributed by atoms with Crippen LogP contribution in [-0.2, 0) is 0 Å². The van der Waals surface area contributed by atoms with E-state index in [0.717, 1.165) is 6.54 Å². The van der Waals surface area contributed by atoms with Crippen LogP contribution in [0, 0.1) is 11.8 Å². The normalized spacial score (nSPS) is 33.8. The second-order valence-electron chi connectivity index (χ2n) is 3.86. The topological polar surface area (TPSA) is 24.1 Å². The van der Waals surface area contributed by atoms with Crippen molar-refractivity contribution in [2.45, 2.75) is 19.9 Å². The van der Waals surface area contributed by atoms with Gasteiger partial charge in [0, 0.05) is 18.5 Å². The largest absolute Gasteiger partial charge is 0.257 e. The molecule has 2 aliphatic rings. The standard InChI is InChI=1S/C10H16N2/c1-7(2)8-4-3-5-10-9(8)6-11-12-10/h3-5,7,9-12H,6H2,1-2H3. The molecule has 2 atom stereocenters. The fourth-order valence-electron chi connectivity index (χ4n) is 2.05. The van der Waals surface area contributed by atoms with Crippen molar-refractivity contribution in [3.8, 4) is 0 Å². The zero-order valence-corrected chi connectivity index (χ0v) is 7.67. The lowest BCUT2D eigenvalue weighted by Gasteiger charge is -2.24. The highest BCUT2D eigenvalue weighted by Crippen LogP contribution is 2.28. The van der Waals surface area contributed by atoms with E-state index in [1.807, 2.05) is 0 Å². The molecule has 1 fully saturated rings. The fourth-order valence-corrected chi connectivity index (χ4v) is 2.05. The van der Waals surface area contributed by atoms with Crippen molar-refractivity contribution < 1.29 is 0 Å². The van der Waals surface area contributed by atoms with Crippen LogP contribution in [0.4, 0.5) is 0 Å². The Hall–Kier alpha value is -0.600. The van der Waals surface area contributed by atoms with Crippen molar-refractivity contribution in [1.82, 2.24) is 10.9 Å². The van der Waals surface area contributed by atoms with Crippen LogP contribution in [0.1, 0.15) is 13.8 Å². The monoisotopic (exact) mass is 164 g/mol. The summed E-state index contributed by atoms with van der Waals surface area (Å²) in [5, 5.41) is 0. The summed E-state index contributed by atoms with van der Waals surface area (Å²) in [6.07, 6.45) is 6.66. The van der Waals surface area contributed by atoms with Crippen molar-refractivity contribution >= 4 is 0 Å². The summed E-state index contributed by atoms with van der Waals surface area (Å²) in [5.41, 5.74) is 8.04. The maximum Gasteiger partial charge on any atom is 0.0474 e. The Morgan fingerprint density at radius 1 is 1.50 bits per heavy atom. The highest BCUT2D eigenvalue weighted by Gasteiger charge is 2.30. The number of rotatable bonds is 1. The van der Waals surface area contributed by atoms with Gasteiger partial charge in [-0.3, -0.25) is 10.9 Å². The molecule has 2 N–H and O–H groups in total. The summed E-state index contributed by atoms with van der Waals surface area (Å²) in [6.45, 7) is 5.60. The van der Waals surface area contributed by atoms with Gasteiger partial charge in [0.05, 0.1) is 0 Å². The molecular weight excluding hydrogens is 148 g/mol. The number of hydrogen-bond acceptors (Lipinski definition) is 2. The van der Waals surface area contributed by atoms with Gasteiger partial charge in [0.15, 0.2) is 0 Å². The van der Waals surface area contributed by atoms with E-state index in [0.29, 0.717) is 17.9 Å². The molecule has 2 unspecified atom stereocenters. The first-order valence-corrected chi connectivity index (χ1v) is 4.65. The van der Waals surface area contributed by atoms with Gasteiger partial charge in [0.1, 0.15) is 0 Å². The molecule has 0 aromatic rings. The lowest BCUT2D eigenvalue weighted by molar-refractivity contribution is 0.534. The van der Waals surface area contributed by atoms with Crippen LogP contribution in [0.15, 0.2) is 23.8 Å². The molecule has 12 heavy (non-hydrogen) atoms. The molecule has 1 aliphatic heterocycles. The van der Waals surface area contributed by atoms with Crippen LogP contribution in [-0.4, -0.2) is 12.6 Å². The van der Waals surface area contributed by atoms with E-state index in [1.54, 1.807) is 5.57 Å². The summed E-state index contributed by atoms with van der Waals surface area (Å²) in [7, 11) is 0. The van der Waals surface area contributed by atoms with Gasteiger partial charge in [0.2, 0.25) is 0 Å². The molecule has 1 heterocycles. The molecule has 0 spiro atoms. The first-order valence-electron chi connectivity index (χ1n) is 4.65. The minimum absolute atomic E-state index is 0.521. The molecule has 0 saturated carbocycles. The molecule has 0 bridgehead atoms. The van der Waals surface area contributed by atoms with E-state index in [4.69, 9.17) is 0 Å². The van der Waals surface area contributed by atoms with Crippen molar-refractivity contribution in [3.05, 3.63) is 23.8 Å². The molecule has 0 amide bonds. The van der Waals surface area contributed by atoms with Gasteiger partial charge in [-0.25, -0.2) is 0 Å². The summed E-state index contributed by atoms with van der Waals surface area (Å²) < 4.78 is 0. The smallest absolute Gasteiger partial charge is 0.0474 e. The molecule has 2 heteroatoms. The average molecular weight is 164 g/mol. The van der Waals surface area contributed by atoms with E-state index < -0.39 is 0 Å². The average Bonchev–Trinajstić information content (AvgIpc) is 2.49. The highest BCUT2D eigenvalue weighted by atomic mass is 15.4. The summed E-state index contributed by atoms with van der Waals surface area (Å²) in [5.74, 6) is 1.35. The minimum atomic E-state index is 0.521. The predicted octanol–water partition coefficient (Wildman–Crippen LogP) is 1.23. The maximum atomic E-state index is 3.27. The van der Waals surface area contributed by atoms with Gasteiger partial charge < -0.3 is 0 Å². The SMILES string of the molecule is CC(C)C1=CC=CC2NNCC12. The van der Waals surface area contributed by atoms with Crippen LogP contribution in [0.25, 0.3) is 0 Å². The van der Waals surface area contributed by atoms with Crippen molar-refractivity contribution in [2.75, 3.05) is 6.54 Å². The quantitative estimate of drug-likeness (QED) is 0.609. The lowest BCUT2D eigenvalue weighted by Crippen LogP contribution is -2.31. The van der Waals surface area contributed by atoms with Gasteiger partial charge in [-0.2, -0.15) is 0 Å². The Morgan fingerprint density at radius 2 is 2.33 bits per heavy atom. The van der Waals surface area contributed by atoms with Gasteiger partial charge in [-0.1, -0.05) is 37.6 Å². The molecule has 1 saturated heterocycles. The third kappa shape index (κ3) is 1.21. The Morgan fingerprint density at radius 3 is 3.08 bits per heavy atom. The zero-order chi connectivity index (χ0) is 8.55. The molecule has 2 nitrogen and oxygen atoms in total. The third-order valence-corrected chi connectivity index (χ3v) is 2.73. The van der Waals surface area contributed by atoms with Crippen LogP contribution < -0.4 is 10.9 Å². The van der Waals surface area contributed by atoms with Crippen molar-refractivity contribution in [1.29, 1.82) is 0 Å². The van der Waals surface area contributed by atoms with E-state index in [9.17, 15) is 0 Å². The highest BCUT2D eigenvalue weighted by molar-refractivity contribution is 5.28. The molecule has 0 aromatic heterocycles. The number of nitrogens with one attached hydrogen (secondary N) is 2. The van der Waals surface area contributed by atoms with Crippen LogP contribution in [0.2, 0.25) is 0 Å². The predicted molar refractivity (Wildman–Crippen MR) is 50.5 cm³/mol. The fraction of sp³-hybridized carbons (Fsp3) is 0.600. The van der Waals surface area contributed by atoms with Crippen LogP contribution in [0.5, 0.6) is 0 Å². The van der Waals surface area contributed by atoms with Crippen molar-refractivity contribution in [2.24, 2.45) is 11.8 Å². The molecule has 2 rings (SSSR count). The molecule has 0 aromatic carbocycles. The van der Waals surface area contributed by atoms with E-state index >= 15 is 0 Å². The first-order chi connectivity index (χ1) is 5.79. The molecule has 0 radical (unpaired) electrons. The maximum absolute atomic E-state index is 3.27. The number of allylic oxidation sites excluding steroid dienone is 2. The van der Waals surface area contributed by atoms with Gasteiger partial charge >= 0.3 is 0 Å². The Bertz CT molecular complexity index is 228. The first kappa shape index (κ1) is 8.02. The molecule has 66 valence electrons. The third-order valence-electron chi connectivity index (χ3n) is 2.73. The number of fused-ring (bicyclic) bond motifs is 1. The summed E-state index contributed by atoms with van der Waals surface area (Å²) in [6, 6.07) is 0.521. The van der Waals surface area contributed by atoms with Gasteiger partial charge in [0.25, 0.3) is 0 Å². The summed E-state index contributed by atoms with van der Waals surface area (Å²) in [4.78, 5) is 0. The second-order valence-corrected chi connectivity index (χ2v) is 3.86. The summed E-state index contributed by atoms with van der Waals surface area (Å²) >= 11 is 0. The van der Waals surface area contributed by atoms with E-state index in [-0.39, 0.29) is 0 Å². The molecular formula is C10H16N2. The van der Waals surface area contributed by atoms with Crippen LogP contribution in [0.3, 0.4) is 0 Å². The second kappa shape index (κ2) is 3.04. The number of hydrazine groups is 1. The molecule has 1 aliphatic carbocycles. The Balaban J connectivity index is 2.21. The lowest BCUT2D eigenvalue weighted by atomic mass is 9.83. The zero-order valence-electron chi connectivity index (χ0n) is 7.67. The van der Waals surface area contributed by atoms with E-state index in [1.165, 1.54) is 0 Å². The van der Waals surface area contributed by atoms with Crippen molar-refractivity contribution in [3.63, 3.8) is 0 Å².